The number of likely N-dealkylation sites (tertiary alicyclic amines) is 1. The van der Waals surface area contributed by atoms with E-state index in [1.807, 2.05) is 0 Å². The summed E-state index contributed by atoms with van der Waals surface area (Å²) >= 11 is 0. The largest absolute Gasteiger partial charge is 1.00 e. The molecular weight excluding hydrogens is 218 g/mol. The minimum Gasteiger partial charge on any atom is -1.00 e. The fourth-order valence-corrected chi connectivity index (χ4v) is 1.89. The molecule has 2 nitrogen and oxygen atoms in total. The van der Waals surface area contributed by atoms with Crippen molar-refractivity contribution in [1.82, 2.24) is 0 Å². The van der Waals surface area contributed by atoms with E-state index >= 15 is 0 Å². The molecule has 1 saturated heterocycles. The number of aliphatic hydroxyl groups excluding tert-OH is 1. The van der Waals surface area contributed by atoms with Crippen molar-refractivity contribution in [3.8, 4) is 12.3 Å². The first-order valence-electron chi connectivity index (χ1n) is 4.11. The Bertz CT molecular complexity index is 178. The van der Waals surface area contributed by atoms with Crippen molar-refractivity contribution in [3.63, 3.8) is 0 Å². The molecule has 0 radical (unpaired) electrons. The fraction of sp³-hybridized carbons (Fsp3) is 0.778. The van der Waals surface area contributed by atoms with Crippen LogP contribution in [0.25, 0.3) is 0 Å². The van der Waals surface area contributed by atoms with Gasteiger partial charge in [0.1, 0.15) is 12.6 Å². The molecule has 0 saturated carbocycles. The Labute approximate surface area is 84.9 Å². The van der Waals surface area contributed by atoms with Gasteiger partial charge in [-0.15, -0.1) is 6.42 Å². The number of aliphatic hydroxyl groups is 1. The fourth-order valence-electron chi connectivity index (χ4n) is 1.89. The molecule has 1 N–H and O–H groups in total. The van der Waals surface area contributed by atoms with Crippen molar-refractivity contribution in [1.29, 1.82) is 0 Å². The van der Waals surface area contributed by atoms with Gasteiger partial charge in [-0.3, -0.25) is 0 Å². The van der Waals surface area contributed by atoms with Gasteiger partial charge >= 0.3 is 0 Å². The second-order valence-electron chi connectivity index (χ2n) is 3.54. The summed E-state index contributed by atoms with van der Waals surface area (Å²) in [6.45, 7) is 2.15. The first-order chi connectivity index (χ1) is 5.23. The van der Waals surface area contributed by atoms with Crippen LogP contribution in [0.1, 0.15) is 12.8 Å². The highest BCUT2D eigenvalue weighted by Gasteiger charge is 2.36. The van der Waals surface area contributed by atoms with E-state index in [0.717, 1.165) is 24.0 Å². The van der Waals surface area contributed by atoms with Crippen LogP contribution in [-0.2, 0) is 0 Å². The predicted molar refractivity (Wildman–Crippen MR) is 44.9 cm³/mol. The third-order valence-electron chi connectivity index (χ3n) is 2.75. The van der Waals surface area contributed by atoms with Gasteiger partial charge < -0.3 is 26.6 Å². The lowest BCUT2D eigenvalue weighted by Crippen LogP contribution is -3.00. The van der Waals surface area contributed by atoms with Crippen molar-refractivity contribution in [2.45, 2.75) is 18.9 Å². The zero-order valence-corrected chi connectivity index (χ0v) is 9.05. The van der Waals surface area contributed by atoms with Gasteiger partial charge in [0.15, 0.2) is 0 Å². The Morgan fingerprint density at radius 2 is 2.33 bits per heavy atom. The molecule has 1 fully saturated rings. The summed E-state index contributed by atoms with van der Waals surface area (Å²) in [5.74, 6) is 2.68. The van der Waals surface area contributed by atoms with Gasteiger partial charge in [0, 0.05) is 12.8 Å². The molecule has 70 valence electrons. The van der Waals surface area contributed by atoms with Crippen LogP contribution >= 0.6 is 0 Å². The van der Waals surface area contributed by atoms with E-state index in [2.05, 4.69) is 13.0 Å². The maximum atomic E-state index is 9.04. The Hall–Kier alpha value is -0.0400. The first-order valence-corrected chi connectivity index (χ1v) is 4.11. The van der Waals surface area contributed by atoms with Crippen LogP contribution in [-0.4, -0.2) is 42.4 Å². The maximum Gasteiger partial charge on any atom is 0.140 e. The van der Waals surface area contributed by atoms with Crippen molar-refractivity contribution >= 4 is 0 Å². The molecule has 1 aliphatic rings. The summed E-state index contributed by atoms with van der Waals surface area (Å²) in [7, 11) is 2.13. The van der Waals surface area contributed by atoms with Crippen LogP contribution in [0.4, 0.5) is 0 Å². The van der Waals surface area contributed by atoms with E-state index in [1.165, 1.54) is 6.42 Å². The predicted octanol–water partition coefficient (Wildman–Crippen LogP) is -2.78. The molecular formula is C9H16BrNO. The van der Waals surface area contributed by atoms with Gasteiger partial charge in [-0.1, -0.05) is 0 Å². The average Bonchev–Trinajstić information content (AvgIpc) is 2.31. The molecule has 0 unspecified atom stereocenters. The van der Waals surface area contributed by atoms with Crippen LogP contribution < -0.4 is 17.0 Å². The summed E-state index contributed by atoms with van der Waals surface area (Å²) in [5.41, 5.74) is 0. The Morgan fingerprint density at radius 1 is 1.67 bits per heavy atom. The van der Waals surface area contributed by atoms with Crippen molar-refractivity contribution in [2.24, 2.45) is 0 Å². The lowest BCUT2D eigenvalue weighted by molar-refractivity contribution is -0.914. The summed E-state index contributed by atoms with van der Waals surface area (Å²) in [5, 5.41) is 9.04. The molecule has 2 atom stereocenters. The Kier molecular flexibility index (Phi) is 4.84. The number of terminal acetylenes is 1. The van der Waals surface area contributed by atoms with Crippen LogP contribution in [0, 0.1) is 12.3 Å². The van der Waals surface area contributed by atoms with E-state index in [4.69, 9.17) is 11.5 Å². The van der Waals surface area contributed by atoms with E-state index in [1.54, 1.807) is 0 Å². The van der Waals surface area contributed by atoms with Gasteiger partial charge in [-0.2, -0.15) is 0 Å². The molecule has 0 aromatic carbocycles. The third-order valence-corrected chi connectivity index (χ3v) is 2.75. The van der Waals surface area contributed by atoms with E-state index in [-0.39, 0.29) is 23.6 Å². The molecule has 12 heavy (non-hydrogen) atoms. The number of rotatable bonds is 2. The minimum atomic E-state index is 0. The normalized spacial score (nSPS) is 33.9. The van der Waals surface area contributed by atoms with Crippen molar-refractivity contribution in [3.05, 3.63) is 0 Å². The van der Waals surface area contributed by atoms with Crippen LogP contribution in [0.2, 0.25) is 0 Å². The summed E-state index contributed by atoms with van der Waals surface area (Å²) < 4.78 is 0.868. The second kappa shape index (κ2) is 4.86. The van der Waals surface area contributed by atoms with Crippen molar-refractivity contribution < 1.29 is 26.6 Å². The lowest BCUT2D eigenvalue weighted by atomic mass is 10.2. The van der Waals surface area contributed by atoms with Crippen LogP contribution in [0.3, 0.4) is 0 Å². The zero-order chi connectivity index (χ0) is 8.32. The molecule has 3 heteroatoms. The Morgan fingerprint density at radius 3 is 2.83 bits per heavy atom. The number of halogens is 1. The Balaban J connectivity index is 0.00000121. The smallest absolute Gasteiger partial charge is 0.140 e. The van der Waals surface area contributed by atoms with Gasteiger partial charge in [0.25, 0.3) is 0 Å². The summed E-state index contributed by atoms with van der Waals surface area (Å²) in [6, 6.07) is 0.381. The first kappa shape index (κ1) is 12.0. The standard InChI is InChI=1S/C9H16NO.BrH/c1-3-6-10(2)7-4-5-9(10)8-11;/h1,9,11H,4-8H2,2H3;1H/q+1;/p-1/t9-,10+;/m1./s1. The molecule has 0 aliphatic carbocycles. The van der Waals surface area contributed by atoms with Crippen LogP contribution in [0.5, 0.6) is 0 Å². The molecule has 0 spiro atoms. The van der Waals surface area contributed by atoms with Gasteiger partial charge in [0.05, 0.1) is 20.2 Å². The molecule has 1 rings (SSSR count). The average molecular weight is 234 g/mol. The monoisotopic (exact) mass is 233 g/mol. The number of hydrogen-bond acceptors (Lipinski definition) is 1. The quantitative estimate of drug-likeness (QED) is 0.405. The van der Waals surface area contributed by atoms with Crippen LogP contribution in [0.15, 0.2) is 0 Å². The molecule has 1 heterocycles. The topological polar surface area (TPSA) is 20.2 Å². The summed E-state index contributed by atoms with van der Waals surface area (Å²) in [4.78, 5) is 0. The molecule has 0 aromatic rings. The third kappa shape index (κ3) is 2.22. The lowest BCUT2D eigenvalue weighted by Gasteiger charge is -2.33. The van der Waals surface area contributed by atoms with Crippen molar-refractivity contribution in [2.75, 3.05) is 26.7 Å². The summed E-state index contributed by atoms with van der Waals surface area (Å²) in [6.07, 6.45) is 7.58. The highest BCUT2D eigenvalue weighted by Crippen LogP contribution is 2.23. The number of quaternary nitrogens is 1. The van der Waals surface area contributed by atoms with E-state index in [9.17, 15) is 0 Å². The molecule has 1 aliphatic heterocycles. The van der Waals surface area contributed by atoms with E-state index in [0.29, 0.717) is 6.04 Å². The number of likely N-dealkylation sites (N-methyl/N-ethyl adjacent to an activating group) is 1. The van der Waals surface area contributed by atoms with Gasteiger partial charge in [-0.05, 0) is 5.92 Å². The number of nitrogens with zero attached hydrogens (tertiary/aromatic N) is 1. The highest BCUT2D eigenvalue weighted by atomic mass is 79.9. The maximum absolute atomic E-state index is 9.04. The van der Waals surface area contributed by atoms with Gasteiger partial charge in [-0.25, -0.2) is 0 Å². The SMILES string of the molecule is C#CC[N@@+]1(C)CCC[C@@H]1CO.[Br-]. The molecule has 0 aromatic heterocycles. The van der Waals surface area contributed by atoms with Gasteiger partial charge in [0.2, 0.25) is 0 Å². The highest BCUT2D eigenvalue weighted by molar-refractivity contribution is 4.85. The molecule has 0 bridgehead atoms. The molecule has 0 amide bonds. The van der Waals surface area contributed by atoms with E-state index < -0.39 is 0 Å². The zero-order valence-electron chi connectivity index (χ0n) is 7.46. The second-order valence-corrected chi connectivity index (χ2v) is 3.54. The minimum absolute atomic E-state index is 0. The number of hydrogen-bond donors (Lipinski definition) is 1.